The number of hydrogen-bond acceptors (Lipinski definition) is 2. The maximum absolute atomic E-state index is 12.3. The van der Waals surface area contributed by atoms with Gasteiger partial charge in [0.1, 0.15) is 5.69 Å². The van der Waals surface area contributed by atoms with Crippen molar-refractivity contribution in [2.24, 2.45) is 13.0 Å². The van der Waals surface area contributed by atoms with Crippen molar-refractivity contribution in [3.05, 3.63) is 22.4 Å². The lowest BCUT2D eigenvalue weighted by Crippen LogP contribution is -2.33. The summed E-state index contributed by atoms with van der Waals surface area (Å²) in [7, 11) is 1.81. The van der Waals surface area contributed by atoms with Crippen LogP contribution in [0.15, 0.2) is 16.7 Å². The second-order valence-electron chi connectivity index (χ2n) is 4.82. The quantitative estimate of drug-likeness (QED) is 0.805. The van der Waals surface area contributed by atoms with Crippen molar-refractivity contribution in [1.29, 1.82) is 0 Å². The van der Waals surface area contributed by atoms with Crippen LogP contribution in [0.4, 0.5) is 0 Å². The fraction of sp³-hybridized carbons (Fsp3) is 0.538. The first kappa shape index (κ1) is 13.3. The summed E-state index contributed by atoms with van der Waals surface area (Å²) in [5.74, 6) is 0.0951. The van der Waals surface area contributed by atoms with Gasteiger partial charge in [-0.3, -0.25) is 14.5 Å². The topological polar surface area (TPSA) is 42.3 Å². The molecule has 0 radical (unpaired) electrons. The van der Waals surface area contributed by atoms with E-state index in [1.165, 1.54) is 4.90 Å². The van der Waals surface area contributed by atoms with Crippen LogP contribution in [-0.4, -0.2) is 27.8 Å². The number of likely N-dealkylation sites (tertiary alicyclic amines) is 1. The van der Waals surface area contributed by atoms with Crippen LogP contribution in [0.3, 0.4) is 0 Å². The number of carbonyl (C=O) groups excluding carboxylic acids is 2. The lowest BCUT2D eigenvalue weighted by Gasteiger charge is -2.15. The molecule has 0 aliphatic carbocycles. The van der Waals surface area contributed by atoms with Crippen molar-refractivity contribution in [2.45, 2.75) is 26.2 Å². The van der Waals surface area contributed by atoms with Gasteiger partial charge in [0.15, 0.2) is 0 Å². The van der Waals surface area contributed by atoms with Crippen molar-refractivity contribution in [2.75, 3.05) is 6.54 Å². The van der Waals surface area contributed by atoms with E-state index in [-0.39, 0.29) is 11.8 Å². The zero-order valence-corrected chi connectivity index (χ0v) is 12.2. The highest BCUT2D eigenvalue weighted by molar-refractivity contribution is 9.10. The van der Waals surface area contributed by atoms with Crippen LogP contribution in [0.2, 0.25) is 0 Å². The molecule has 98 valence electrons. The predicted octanol–water partition coefficient (Wildman–Crippen LogP) is 2.58. The van der Waals surface area contributed by atoms with E-state index in [2.05, 4.69) is 22.9 Å². The van der Waals surface area contributed by atoms with Crippen LogP contribution in [0.5, 0.6) is 0 Å². The van der Waals surface area contributed by atoms with E-state index in [0.29, 0.717) is 24.6 Å². The Kier molecular flexibility index (Phi) is 3.90. The molecule has 5 heteroatoms. The lowest BCUT2D eigenvalue weighted by atomic mass is 10.0. The molecule has 1 aliphatic rings. The highest BCUT2D eigenvalue weighted by Gasteiger charge is 2.34. The molecule has 1 saturated heterocycles. The molecule has 1 unspecified atom stereocenters. The molecule has 4 nitrogen and oxygen atoms in total. The molecule has 0 aromatic carbocycles. The summed E-state index contributed by atoms with van der Waals surface area (Å²) >= 11 is 3.34. The van der Waals surface area contributed by atoms with Gasteiger partial charge in [0.25, 0.3) is 5.91 Å². The van der Waals surface area contributed by atoms with E-state index in [1.807, 2.05) is 13.2 Å². The molecule has 0 N–H and O–H groups in total. The maximum Gasteiger partial charge on any atom is 0.277 e. The highest BCUT2D eigenvalue weighted by Crippen LogP contribution is 2.24. The Bertz CT molecular complexity index is 481. The molecule has 0 saturated carbocycles. The molecule has 2 amide bonds. The smallest absolute Gasteiger partial charge is 0.277 e. The Balaban J connectivity index is 2.15. The van der Waals surface area contributed by atoms with Gasteiger partial charge in [-0.15, -0.1) is 0 Å². The Morgan fingerprint density at radius 2 is 2.28 bits per heavy atom. The molecule has 2 rings (SSSR count). The molecule has 0 spiro atoms. The van der Waals surface area contributed by atoms with Crippen molar-refractivity contribution in [3.63, 3.8) is 0 Å². The molecule has 0 bridgehead atoms. The summed E-state index contributed by atoms with van der Waals surface area (Å²) in [5.41, 5.74) is 0.548. The van der Waals surface area contributed by atoms with Crippen LogP contribution in [0, 0.1) is 5.92 Å². The third-order valence-corrected chi connectivity index (χ3v) is 3.77. The molecular formula is C13H17BrN2O2. The van der Waals surface area contributed by atoms with E-state index in [0.717, 1.165) is 17.3 Å². The third-order valence-electron chi connectivity index (χ3n) is 3.34. The van der Waals surface area contributed by atoms with Gasteiger partial charge in [-0.2, -0.15) is 0 Å². The van der Waals surface area contributed by atoms with Gasteiger partial charge in [-0.25, -0.2) is 0 Å². The number of aromatic nitrogens is 1. The molecule has 1 aliphatic heterocycles. The van der Waals surface area contributed by atoms with Crippen LogP contribution in [0.25, 0.3) is 0 Å². The van der Waals surface area contributed by atoms with Gasteiger partial charge in [-0.1, -0.05) is 13.3 Å². The van der Waals surface area contributed by atoms with Crippen molar-refractivity contribution < 1.29 is 9.59 Å². The van der Waals surface area contributed by atoms with Gasteiger partial charge in [-0.05, 0) is 34.3 Å². The van der Waals surface area contributed by atoms with Gasteiger partial charge < -0.3 is 4.57 Å². The summed E-state index contributed by atoms with van der Waals surface area (Å²) < 4.78 is 2.59. The Morgan fingerprint density at radius 1 is 1.56 bits per heavy atom. The number of imide groups is 1. The summed E-state index contributed by atoms with van der Waals surface area (Å²) in [5, 5.41) is 0. The summed E-state index contributed by atoms with van der Waals surface area (Å²) in [4.78, 5) is 25.6. The monoisotopic (exact) mass is 312 g/mol. The fourth-order valence-corrected chi connectivity index (χ4v) is 2.98. The largest absolute Gasteiger partial charge is 0.345 e. The number of hydrogen-bond donors (Lipinski definition) is 0. The first-order chi connectivity index (χ1) is 8.52. The minimum absolute atomic E-state index is 0.0456. The Hall–Kier alpha value is -1.10. The third kappa shape index (κ3) is 2.51. The summed E-state index contributed by atoms with van der Waals surface area (Å²) in [6, 6.07) is 1.75. The molecule has 2 heterocycles. The standard InChI is InChI=1S/C13H17BrN2O2/c1-3-4-9-5-12(17)16(7-9)13(18)11-6-10(14)8-15(11)2/h6,8-9H,3-5,7H2,1-2H3. The lowest BCUT2D eigenvalue weighted by molar-refractivity contribution is -0.125. The number of amides is 2. The maximum atomic E-state index is 12.3. The average molecular weight is 313 g/mol. The number of aryl methyl sites for hydroxylation is 1. The van der Waals surface area contributed by atoms with E-state index in [4.69, 9.17) is 0 Å². The fourth-order valence-electron chi connectivity index (χ4n) is 2.45. The van der Waals surface area contributed by atoms with Gasteiger partial charge >= 0.3 is 0 Å². The van der Waals surface area contributed by atoms with Crippen LogP contribution >= 0.6 is 15.9 Å². The summed E-state index contributed by atoms with van der Waals surface area (Å²) in [6.07, 6.45) is 4.38. The zero-order chi connectivity index (χ0) is 13.3. The average Bonchev–Trinajstić information content (AvgIpc) is 2.82. The first-order valence-electron chi connectivity index (χ1n) is 6.19. The normalized spacial score (nSPS) is 19.6. The minimum atomic E-state index is -0.188. The first-order valence-corrected chi connectivity index (χ1v) is 6.98. The SMILES string of the molecule is CCCC1CC(=O)N(C(=O)c2cc(Br)cn2C)C1. The van der Waals surface area contributed by atoms with Crippen LogP contribution in [-0.2, 0) is 11.8 Å². The van der Waals surface area contributed by atoms with Gasteiger partial charge in [0.2, 0.25) is 5.91 Å². The van der Waals surface area contributed by atoms with Gasteiger partial charge in [0, 0.05) is 30.7 Å². The molecule has 1 fully saturated rings. The number of nitrogens with zero attached hydrogens (tertiary/aromatic N) is 2. The van der Waals surface area contributed by atoms with E-state index < -0.39 is 0 Å². The zero-order valence-electron chi connectivity index (χ0n) is 10.6. The van der Waals surface area contributed by atoms with Crippen molar-refractivity contribution in [3.8, 4) is 0 Å². The second kappa shape index (κ2) is 5.26. The number of halogens is 1. The van der Waals surface area contributed by atoms with Gasteiger partial charge in [0.05, 0.1) is 0 Å². The van der Waals surface area contributed by atoms with Crippen LogP contribution in [0.1, 0.15) is 36.7 Å². The Morgan fingerprint density at radius 3 is 2.83 bits per heavy atom. The second-order valence-corrected chi connectivity index (χ2v) is 5.74. The molecule has 1 atom stereocenters. The molecule has 1 aromatic heterocycles. The van der Waals surface area contributed by atoms with Crippen molar-refractivity contribution >= 4 is 27.7 Å². The van der Waals surface area contributed by atoms with E-state index in [9.17, 15) is 9.59 Å². The Labute approximate surface area is 115 Å². The van der Waals surface area contributed by atoms with Crippen LogP contribution < -0.4 is 0 Å². The number of carbonyl (C=O) groups is 2. The van der Waals surface area contributed by atoms with Crippen molar-refractivity contribution in [1.82, 2.24) is 9.47 Å². The van der Waals surface area contributed by atoms with E-state index >= 15 is 0 Å². The summed E-state index contributed by atoms with van der Waals surface area (Å²) in [6.45, 7) is 2.66. The molecular weight excluding hydrogens is 296 g/mol. The van der Waals surface area contributed by atoms with E-state index in [1.54, 1.807) is 10.6 Å². The predicted molar refractivity (Wildman–Crippen MR) is 72.2 cm³/mol. The minimum Gasteiger partial charge on any atom is -0.345 e. The number of rotatable bonds is 3. The molecule has 1 aromatic rings. The highest BCUT2D eigenvalue weighted by atomic mass is 79.9. The molecule has 18 heavy (non-hydrogen) atoms.